The lowest BCUT2D eigenvalue weighted by atomic mass is 9.98. The van der Waals surface area contributed by atoms with E-state index in [4.69, 9.17) is 10.6 Å². The van der Waals surface area contributed by atoms with E-state index in [1.807, 2.05) is 6.08 Å². The Morgan fingerprint density at radius 1 is 1.75 bits per heavy atom. The van der Waals surface area contributed by atoms with E-state index in [1.165, 1.54) is 6.42 Å². The smallest absolute Gasteiger partial charge is 0.0495 e. The van der Waals surface area contributed by atoms with Gasteiger partial charge < -0.3 is 4.74 Å². The SMILES string of the molecule is C=CCC(CC1CCOC1)NN. The summed E-state index contributed by atoms with van der Waals surface area (Å²) < 4.78 is 5.29. The Kier molecular flexibility index (Phi) is 4.29. The van der Waals surface area contributed by atoms with Gasteiger partial charge in [-0.1, -0.05) is 6.08 Å². The summed E-state index contributed by atoms with van der Waals surface area (Å²) in [6.45, 7) is 5.51. The second-order valence-corrected chi connectivity index (χ2v) is 3.35. The molecule has 2 atom stereocenters. The Bertz CT molecular complexity index is 132. The third-order valence-electron chi connectivity index (χ3n) is 2.33. The van der Waals surface area contributed by atoms with E-state index in [1.54, 1.807) is 0 Å². The molecular formula is C9H18N2O. The summed E-state index contributed by atoms with van der Waals surface area (Å²) in [4.78, 5) is 0. The van der Waals surface area contributed by atoms with Gasteiger partial charge in [0.1, 0.15) is 0 Å². The summed E-state index contributed by atoms with van der Waals surface area (Å²) in [6.07, 6.45) is 5.12. The molecule has 1 aliphatic heterocycles. The van der Waals surface area contributed by atoms with Crippen molar-refractivity contribution in [3.8, 4) is 0 Å². The molecule has 1 saturated heterocycles. The molecule has 0 spiro atoms. The molecule has 0 amide bonds. The van der Waals surface area contributed by atoms with Gasteiger partial charge in [0.15, 0.2) is 0 Å². The maximum atomic E-state index is 5.40. The third-order valence-corrected chi connectivity index (χ3v) is 2.33. The molecule has 3 nitrogen and oxygen atoms in total. The molecule has 0 saturated carbocycles. The van der Waals surface area contributed by atoms with Gasteiger partial charge in [0.05, 0.1) is 0 Å². The molecule has 1 aliphatic rings. The summed E-state index contributed by atoms with van der Waals surface area (Å²) in [7, 11) is 0. The van der Waals surface area contributed by atoms with E-state index in [2.05, 4.69) is 12.0 Å². The first-order valence-electron chi connectivity index (χ1n) is 4.51. The Morgan fingerprint density at radius 2 is 2.58 bits per heavy atom. The van der Waals surface area contributed by atoms with E-state index in [0.717, 1.165) is 26.1 Å². The molecule has 3 heteroatoms. The van der Waals surface area contributed by atoms with Gasteiger partial charge in [-0.2, -0.15) is 0 Å². The van der Waals surface area contributed by atoms with Crippen molar-refractivity contribution in [2.75, 3.05) is 13.2 Å². The van der Waals surface area contributed by atoms with Crippen LogP contribution >= 0.6 is 0 Å². The first-order chi connectivity index (χ1) is 5.86. The number of rotatable bonds is 5. The van der Waals surface area contributed by atoms with Gasteiger partial charge in [-0.15, -0.1) is 6.58 Å². The van der Waals surface area contributed by atoms with Crippen LogP contribution in [0.1, 0.15) is 19.3 Å². The molecule has 3 N–H and O–H groups in total. The predicted molar refractivity (Wildman–Crippen MR) is 49.5 cm³/mol. The minimum atomic E-state index is 0.370. The Hall–Kier alpha value is -0.380. The van der Waals surface area contributed by atoms with E-state index < -0.39 is 0 Å². The van der Waals surface area contributed by atoms with E-state index in [-0.39, 0.29) is 0 Å². The van der Waals surface area contributed by atoms with Crippen molar-refractivity contribution in [1.29, 1.82) is 0 Å². The van der Waals surface area contributed by atoms with E-state index in [0.29, 0.717) is 12.0 Å². The lowest BCUT2D eigenvalue weighted by molar-refractivity contribution is 0.181. The maximum Gasteiger partial charge on any atom is 0.0495 e. The van der Waals surface area contributed by atoms with Crippen LogP contribution in [0.3, 0.4) is 0 Å². The standard InChI is InChI=1S/C9H18N2O/c1-2-3-9(11-10)6-8-4-5-12-7-8/h2,8-9,11H,1,3-7,10H2. The van der Waals surface area contributed by atoms with Crippen molar-refractivity contribution >= 4 is 0 Å². The van der Waals surface area contributed by atoms with Crippen molar-refractivity contribution in [2.45, 2.75) is 25.3 Å². The first kappa shape index (κ1) is 9.71. The van der Waals surface area contributed by atoms with Crippen molar-refractivity contribution in [3.63, 3.8) is 0 Å². The lowest BCUT2D eigenvalue weighted by Gasteiger charge is -2.16. The molecule has 0 aromatic rings. The molecule has 0 aliphatic carbocycles. The molecular weight excluding hydrogens is 152 g/mol. The molecule has 0 aromatic heterocycles. The van der Waals surface area contributed by atoms with Gasteiger partial charge in [0, 0.05) is 19.3 Å². The average molecular weight is 170 g/mol. The first-order valence-corrected chi connectivity index (χ1v) is 4.51. The number of ether oxygens (including phenoxy) is 1. The minimum Gasteiger partial charge on any atom is -0.381 e. The number of nitrogens with one attached hydrogen (secondary N) is 1. The normalized spacial score (nSPS) is 25.6. The second-order valence-electron chi connectivity index (χ2n) is 3.35. The zero-order valence-corrected chi connectivity index (χ0v) is 7.46. The van der Waals surface area contributed by atoms with Crippen LogP contribution in [0.5, 0.6) is 0 Å². The molecule has 0 radical (unpaired) electrons. The fraction of sp³-hybridized carbons (Fsp3) is 0.778. The van der Waals surface area contributed by atoms with Crippen molar-refractivity contribution < 1.29 is 4.74 Å². The third kappa shape index (κ3) is 2.93. The van der Waals surface area contributed by atoms with Gasteiger partial charge in [-0.3, -0.25) is 11.3 Å². The maximum absolute atomic E-state index is 5.40. The summed E-state index contributed by atoms with van der Waals surface area (Å²) in [5.41, 5.74) is 2.80. The second kappa shape index (κ2) is 5.30. The van der Waals surface area contributed by atoms with Crippen LogP contribution in [-0.2, 0) is 4.74 Å². The number of hydrogen-bond donors (Lipinski definition) is 2. The van der Waals surface area contributed by atoms with Gasteiger partial charge in [0.25, 0.3) is 0 Å². The monoisotopic (exact) mass is 170 g/mol. The average Bonchev–Trinajstić information content (AvgIpc) is 2.56. The Labute approximate surface area is 73.9 Å². The highest BCUT2D eigenvalue weighted by Crippen LogP contribution is 2.18. The quantitative estimate of drug-likeness (QED) is 0.365. The van der Waals surface area contributed by atoms with E-state index in [9.17, 15) is 0 Å². The molecule has 1 heterocycles. The molecule has 70 valence electrons. The number of nitrogens with two attached hydrogens (primary N) is 1. The molecule has 0 aromatic carbocycles. The number of hydrogen-bond acceptors (Lipinski definition) is 3. The largest absolute Gasteiger partial charge is 0.381 e. The van der Waals surface area contributed by atoms with Crippen LogP contribution in [0.25, 0.3) is 0 Å². The van der Waals surface area contributed by atoms with Gasteiger partial charge in [0.2, 0.25) is 0 Å². The van der Waals surface area contributed by atoms with Crippen LogP contribution in [0.15, 0.2) is 12.7 Å². The van der Waals surface area contributed by atoms with Crippen molar-refractivity contribution in [3.05, 3.63) is 12.7 Å². The summed E-state index contributed by atoms with van der Waals surface area (Å²) in [6, 6.07) is 0.370. The van der Waals surface area contributed by atoms with Crippen molar-refractivity contribution in [2.24, 2.45) is 11.8 Å². The zero-order chi connectivity index (χ0) is 8.81. The topological polar surface area (TPSA) is 47.3 Å². The van der Waals surface area contributed by atoms with Gasteiger partial charge in [-0.05, 0) is 25.2 Å². The summed E-state index contributed by atoms with van der Waals surface area (Å²) >= 11 is 0. The number of hydrazine groups is 1. The fourth-order valence-electron chi connectivity index (χ4n) is 1.61. The van der Waals surface area contributed by atoms with Gasteiger partial charge in [-0.25, -0.2) is 0 Å². The van der Waals surface area contributed by atoms with Crippen LogP contribution in [0.2, 0.25) is 0 Å². The summed E-state index contributed by atoms with van der Waals surface area (Å²) in [5, 5.41) is 0. The molecule has 1 rings (SSSR count). The highest BCUT2D eigenvalue weighted by Gasteiger charge is 2.19. The molecule has 12 heavy (non-hydrogen) atoms. The molecule has 1 fully saturated rings. The van der Waals surface area contributed by atoms with Crippen LogP contribution in [-0.4, -0.2) is 19.3 Å². The highest BCUT2D eigenvalue weighted by molar-refractivity contribution is 4.79. The summed E-state index contributed by atoms with van der Waals surface area (Å²) in [5.74, 6) is 6.08. The van der Waals surface area contributed by atoms with Crippen molar-refractivity contribution in [1.82, 2.24) is 5.43 Å². The molecule has 2 unspecified atom stereocenters. The van der Waals surface area contributed by atoms with Gasteiger partial charge >= 0.3 is 0 Å². The van der Waals surface area contributed by atoms with Crippen LogP contribution in [0, 0.1) is 5.92 Å². The Morgan fingerprint density at radius 3 is 3.08 bits per heavy atom. The minimum absolute atomic E-state index is 0.370. The van der Waals surface area contributed by atoms with Crippen LogP contribution < -0.4 is 11.3 Å². The lowest BCUT2D eigenvalue weighted by Crippen LogP contribution is -2.36. The Balaban J connectivity index is 2.20. The molecule has 0 bridgehead atoms. The fourth-order valence-corrected chi connectivity index (χ4v) is 1.61. The van der Waals surface area contributed by atoms with E-state index >= 15 is 0 Å². The zero-order valence-electron chi connectivity index (χ0n) is 7.46. The van der Waals surface area contributed by atoms with Crippen LogP contribution in [0.4, 0.5) is 0 Å². The highest BCUT2D eigenvalue weighted by atomic mass is 16.5. The predicted octanol–water partition coefficient (Wildman–Crippen LogP) is 0.821.